The number of amides is 2. The fourth-order valence-corrected chi connectivity index (χ4v) is 11.9. The summed E-state index contributed by atoms with van der Waals surface area (Å²) in [6.45, 7) is 10.0. The Morgan fingerprint density at radius 2 is 0.988 bits per heavy atom. The summed E-state index contributed by atoms with van der Waals surface area (Å²) in [4.78, 5) is 48.4. The zero-order valence-electron chi connectivity index (χ0n) is 45.9. The van der Waals surface area contributed by atoms with E-state index < -0.39 is 114 Å². The molecule has 0 radical (unpaired) electrons. The fourth-order valence-electron chi connectivity index (χ4n) is 10.5. The van der Waals surface area contributed by atoms with Crippen molar-refractivity contribution in [3.63, 3.8) is 0 Å². The number of allylic oxidation sites excluding steroid dienone is 1. The monoisotopic (exact) mass is 1230 g/mol. The molecule has 80 heavy (non-hydrogen) atoms. The van der Waals surface area contributed by atoms with Crippen molar-refractivity contribution in [3.8, 4) is 0 Å². The van der Waals surface area contributed by atoms with Crippen molar-refractivity contribution in [1.82, 2.24) is 20.4 Å². The van der Waals surface area contributed by atoms with Crippen molar-refractivity contribution >= 4 is 59.4 Å². The molecule has 6 rings (SSSR count). The molecule has 0 aromatic carbocycles. The standard InChI is InChI=1S/C21H38N2O7S.C21H36N2O5S.2C2HF3O2.C2H6.CH3FS.CH4/c1-4-5-10-8-12(23(2)9-10)20(29)22-14(11-6-7-13(24)15(11)25)19-17(27)16(26)18(28)21(30-19)31-3;1-4-7-12-10-14(23(2)11-12)20(27)22-15(13-8-5-6-9-13)19-17(25)16(24)18(26)21(28-19)29-3;2*3-2(4,5)1(6)7;1-2;1-3-2;/h10-19,21,24-28H,4-9H2,1-3H3,(H,22,29);5,8,12-19,21,24-26H,4,6-7,9-11H2,1-3H3,(H,22,27);2*(H,6,7);1-2H3;1H3;1H4/t10-,11+,12+,13?,14-,15?,16-,17?,18-,19-,21?;12-,13+,14+,15-,16-,17?,18-,19-,21?;;;;;/m11...../s1. The number of likely N-dealkylation sites (N-methyl/N-ethyl adjacent to an activating group) is 2. The SMILES string of the molecule is C.CC.CCC[C@@H]1C[C@@H](C(=O)N[C@H]([C@@H]2CCC(O)C2O)[C@H]2OC(SC)[C@H](O)[C@H](O)C2O)N(C)C1.CCC[C@@H]1C[C@@H](C(=O)N[C@H]([C@H]2C=CCC2)[C@H]2OC(SC)[C@H](O)[C@H](O)C2O)N(C)C1.CSF.O=C(O)C(F)(F)F.O=C(O)C(F)(F)F. The highest BCUT2D eigenvalue weighted by Gasteiger charge is 2.53. The predicted molar refractivity (Wildman–Crippen MR) is 290 cm³/mol. The van der Waals surface area contributed by atoms with Gasteiger partial charge in [0.05, 0.1) is 36.4 Å². The molecule has 0 aromatic rings. The minimum atomic E-state index is -5.08. The van der Waals surface area contributed by atoms with Crippen LogP contribution in [0.15, 0.2) is 12.2 Å². The molecule has 1 saturated carbocycles. The van der Waals surface area contributed by atoms with Crippen LogP contribution in [-0.2, 0) is 28.7 Å². The summed E-state index contributed by atoms with van der Waals surface area (Å²) in [5.41, 5.74) is -1.43. The maximum absolute atomic E-state index is 13.3. The first-order valence-corrected chi connectivity index (χ1v) is 29.8. The number of nitrogens with one attached hydrogen (secondary N) is 2. The molecule has 20 nitrogen and oxygen atoms in total. The summed E-state index contributed by atoms with van der Waals surface area (Å²) in [5, 5.41) is 104. The minimum Gasteiger partial charge on any atom is -0.475 e. The highest BCUT2D eigenvalue weighted by atomic mass is 32.2. The number of ether oxygens (including phenoxy) is 2. The third kappa shape index (κ3) is 22.9. The average molecular weight is 1230 g/mol. The maximum atomic E-state index is 13.3. The van der Waals surface area contributed by atoms with Gasteiger partial charge in [0.15, 0.2) is 0 Å². The van der Waals surface area contributed by atoms with E-state index in [1.54, 1.807) is 12.5 Å². The fraction of sp³-hybridized carbons (Fsp3) is 0.880. The predicted octanol–water partition coefficient (Wildman–Crippen LogP) is 3.79. The van der Waals surface area contributed by atoms with Crippen LogP contribution in [0.25, 0.3) is 0 Å². The topological polar surface area (TPSA) is 320 Å². The molecular weight excluding hydrogens is 1140 g/mol. The van der Waals surface area contributed by atoms with Crippen molar-refractivity contribution in [3.05, 3.63) is 12.2 Å². The molecule has 0 bridgehead atoms. The van der Waals surface area contributed by atoms with E-state index in [9.17, 15) is 80.7 Å². The van der Waals surface area contributed by atoms with Gasteiger partial charge >= 0.3 is 24.3 Å². The van der Waals surface area contributed by atoms with Gasteiger partial charge in [-0.05, 0) is 95.7 Å². The Hall–Kier alpha value is -2.30. The van der Waals surface area contributed by atoms with Gasteiger partial charge in [-0.15, -0.1) is 23.5 Å². The highest BCUT2D eigenvalue weighted by molar-refractivity contribution is 7.99. The van der Waals surface area contributed by atoms with E-state index in [4.69, 9.17) is 29.3 Å². The van der Waals surface area contributed by atoms with Crippen LogP contribution in [0.2, 0.25) is 0 Å². The number of alkyl halides is 6. The molecule has 2 amide bonds. The first-order valence-electron chi connectivity index (χ1n) is 26.1. The Bertz CT molecular complexity index is 1820. The Labute approximate surface area is 477 Å². The number of carbonyl (C=O) groups excluding carboxylic acids is 2. The molecule has 6 unspecified atom stereocenters. The highest BCUT2D eigenvalue weighted by Crippen LogP contribution is 2.38. The lowest BCUT2D eigenvalue weighted by Gasteiger charge is -2.45. The summed E-state index contributed by atoms with van der Waals surface area (Å²) in [6.07, 6.45) is -4.31. The van der Waals surface area contributed by atoms with Gasteiger partial charge in [-0.25, -0.2) is 9.59 Å². The molecule has 4 aliphatic heterocycles. The Morgan fingerprint density at radius 1 is 0.625 bits per heavy atom. The molecule has 2 aliphatic carbocycles. The van der Waals surface area contributed by atoms with Crippen LogP contribution < -0.4 is 10.6 Å². The van der Waals surface area contributed by atoms with E-state index in [0.29, 0.717) is 24.7 Å². The van der Waals surface area contributed by atoms with Crippen LogP contribution >= 0.6 is 35.7 Å². The Morgan fingerprint density at radius 3 is 1.29 bits per heavy atom. The van der Waals surface area contributed by atoms with Gasteiger partial charge in [0, 0.05) is 37.4 Å². The molecule has 0 spiro atoms. The van der Waals surface area contributed by atoms with Crippen molar-refractivity contribution < 1.29 is 110 Å². The van der Waals surface area contributed by atoms with E-state index in [1.807, 2.05) is 32.8 Å². The second kappa shape index (κ2) is 37.2. The number of aliphatic hydroxyl groups is 8. The Balaban J connectivity index is 0.00000117. The van der Waals surface area contributed by atoms with Crippen molar-refractivity contribution in [1.29, 1.82) is 0 Å². The third-order valence-electron chi connectivity index (χ3n) is 14.4. The minimum absolute atomic E-state index is 0. The van der Waals surface area contributed by atoms with Crippen molar-refractivity contribution in [2.24, 2.45) is 23.7 Å². The normalized spacial score (nSPS) is 34.8. The molecule has 12 N–H and O–H groups in total. The van der Waals surface area contributed by atoms with Crippen molar-refractivity contribution in [2.45, 2.75) is 208 Å². The smallest absolute Gasteiger partial charge is 0.475 e. The lowest BCUT2D eigenvalue weighted by molar-refractivity contribution is -0.211. The summed E-state index contributed by atoms with van der Waals surface area (Å²) in [6, 6.07) is -1.78. The molecular formula is C50H89F7N4O16S3. The maximum Gasteiger partial charge on any atom is 0.490 e. The number of thioether (sulfide) groups is 2. The molecule has 5 fully saturated rings. The number of carbonyl (C=O) groups is 4. The largest absolute Gasteiger partial charge is 0.490 e. The van der Waals surface area contributed by atoms with Gasteiger partial charge in [0.1, 0.15) is 59.7 Å². The molecule has 4 heterocycles. The van der Waals surface area contributed by atoms with Crippen LogP contribution in [0.5, 0.6) is 0 Å². The summed E-state index contributed by atoms with van der Waals surface area (Å²) < 4.78 is 85.6. The lowest BCUT2D eigenvalue weighted by Crippen LogP contribution is -2.65. The second-order valence-corrected chi connectivity index (χ2v) is 22.0. The number of hydrogen-bond acceptors (Lipinski definition) is 19. The number of aliphatic hydroxyl groups excluding tert-OH is 8. The lowest BCUT2D eigenvalue weighted by atomic mass is 9.85. The van der Waals surface area contributed by atoms with Gasteiger partial charge in [0.25, 0.3) is 0 Å². The Kier molecular flexibility index (Phi) is 36.1. The van der Waals surface area contributed by atoms with Gasteiger partial charge in [0.2, 0.25) is 11.8 Å². The van der Waals surface area contributed by atoms with Crippen LogP contribution in [0.3, 0.4) is 0 Å². The molecule has 472 valence electrons. The molecule has 6 aliphatic rings. The summed E-state index contributed by atoms with van der Waals surface area (Å²) in [7, 11) is 3.90. The second-order valence-electron chi connectivity index (χ2n) is 19.8. The van der Waals surface area contributed by atoms with Crippen LogP contribution in [-0.4, -0.2) is 239 Å². The van der Waals surface area contributed by atoms with Crippen molar-refractivity contribution in [2.75, 3.05) is 46.0 Å². The molecule has 4 saturated heterocycles. The first-order chi connectivity index (χ1) is 36.9. The van der Waals surface area contributed by atoms with Gasteiger partial charge < -0.3 is 71.2 Å². The van der Waals surface area contributed by atoms with Gasteiger partial charge in [-0.3, -0.25) is 19.4 Å². The van der Waals surface area contributed by atoms with Gasteiger partial charge in [-0.1, -0.05) is 60.1 Å². The number of carboxylic acids is 2. The quantitative estimate of drug-likeness (QED) is 0.0870. The van der Waals surface area contributed by atoms with E-state index in [0.717, 1.165) is 64.5 Å². The van der Waals surface area contributed by atoms with E-state index in [-0.39, 0.29) is 49.4 Å². The summed E-state index contributed by atoms with van der Waals surface area (Å²) >= 11 is 2.74. The zero-order chi connectivity index (χ0) is 60.9. The number of rotatable bonds is 14. The molecule has 20 atom stereocenters. The van der Waals surface area contributed by atoms with E-state index in [2.05, 4.69) is 41.5 Å². The first kappa shape index (κ1) is 77.7. The average Bonchev–Trinajstić information content (AvgIpc) is 4.21. The number of halogens is 7. The number of nitrogens with zero attached hydrogens (tertiary/aromatic N) is 2. The molecule has 0 aromatic heterocycles. The number of likely N-dealkylation sites (tertiary alicyclic amines) is 2. The van der Waals surface area contributed by atoms with Crippen LogP contribution in [0.4, 0.5) is 30.2 Å². The van der Waals surface area contributed by atoms with Gasteiger partial charge in [-0.2, -0.15) is 30.2 Å². The third-order valence-corrected chi connectivity index (χ3v) is 16.1. The zero-order valence-corrected chi connectivity index (χ0v) is 48.3. The van der Waals surface area contributed by atoms with Crippen LogP contribution in [0, 0.1) is 23.7 Å². The summed E-state index contributed by atoms with van der Waals surface area (Å²) in [5.74, 6) is -5.31. The number of carboxylic acid groups (broad SMARTS) is 2. The number of aliphatic carboxylic acids is 2. The van der Waals surface area contributed by atoms with E-state index >= 15 is 0 Å². The van der Waals surface area contributed by atoms with E-state index in [1.165, 1.54) is 29.8 Å². The molecule has 30 heteroatoms. The van der Waals surface area contributed by atoms with Crippen LogP contribution in [0.1, 0.15) is 99.3 Å². The number of hydrogen-bond donors (Lipinski definition) is 12.